The van der Waals surface area contributed by atoms with Crippen molar-refractivity contribution < 1.29 is 93.5 Å². The molecular formula is C88H118N12O19. The number of carboxylic acid groups (broad SMARTS) is 2. The van der Waals surface area contributed by atoms with E-state index < -0.39 is 53.9 Å². The van der Waals surface area contributed by atoms with Crippen molar-refractivity contribution in [2.45, 2.75) is 188 Å². The average Bonchev–Trinajstić information content (AvgIpc) is 0.828. The number of aliphatic hydroxyl groups excluding tert-OH is 3. The highest BCUT2D eigenvalue weighted by atomic mass is 16.5. The fraction of sp³-hybridized carbons (Fsp3) is 0.455. The van der Waals surface area contributed by atoms with Gasteiger partial charge in [-0.05, 0) is 121 Å². The number of hydrogen-bond donors (Lipinski definition) is 17. The number of ketones is 3. The Morgan fingerprint density at radius 2 is 0.731 bits per heavy atom. The van der Waals surface area contributed by atoms with Crippen LogP contribution in [0.15, 0.2) is 124 Å². The second kappa shape index (κ2) is 44.7. The van der Waals surface area contributed by atoms with Gasteiger partial charge in [-0.25, -0.2) is 4.79 Å². The summed E-state index contributed by atoms with van der Waals surface area (Å²) in [4.78, 5) is 122. The number of nitrogens with one attached hydrogen (secondary N) is 8. The van der Waals surface area contributed by atoms with E-state index in [9.17, 15) is 78.9 Å². The number of aromatic carboxylic acids is 1. The number of aliphatic imine (C=N–C) groups is 3. The highest BCUT2D eigenvalue weighted by Gasteiger charge is 2.29. The van der Waals surface area contributed by atoms with Crippen molar-refractivity contribution in [2.75, 3.05) is 88.1 Å². The van der Waals surface area contributed by atoms with Crippen LogP contribution >= 0.6 is 0 Å². The zero-order valence-electron chi connectivity index (χ0n) is 70.4. The molecular weight excluding hydrogens is 1530 g/mol. The van der Waals surface area contributed by atoms with E-state index in [0.717, 1.165) is 50.6 Å². The Hall–Kier alpha value is -11.8. The Morgan fingerprint density at radius 1 is 0.429 bits per heavy atom. The predicted octanol–water partition coefficient (Wildman–Crippen LogP) is 8.90. The molecule has 3 aliphatic heterocycles. The summed E-state index contributed by atoms with van der Waals surface area (Å²) >= 11 is 0. The summed E-state index contributed by atoms with van der Waals surface area (Å²) in [5, 5.41) is 98.9. The van der Waals surface area contributed by atoms with Gasteiger partial charge in [0.05, 0.1) is 95.6 Å². The largest absolute Gasteiger partial charge is 0.508 e. The first-order valence-electron chi connectivity index (χ1n) is 39.5. The van der Waals surface area contributed by atoms with Gasteiger partial charge in [-0.3, -0.25) is 53.3 Å². The molecule has 644 valence electrons. The Morgan fingerprint density at radius 3 is 1.01 bits per heavy atom. The number of aliphatic hydroxyl groups is 3. The molecule has 6 aromatic rings. The second-order valence-corrected chi connectivity index (χ2v) is 32.8. The van der Waals surface area contributed by atoms with E-state index in [4.69, 9.17) is 20.3 Å². The molecule has 31 heteroatoms. The lowest BCUT2D eigenvalue weighted by atomic mass is 9.81. The van der Waals surface area contributed by atoms with Crippen LogP contribution in [0.25, 0.3) is 0 Å². The van der Waals surface area contributed by atoms with Gasteiger partial charge in [0, 0.05) is 103 Å². The summed E-state index contributed by atoms with van der Waals surface area (Å²) in [5.41, 5.74) is 15.9. The number of carbonyl (C=O) groups is 9. The Balaban J connectivity index is 0.000000257. The van der Waals surface area contributed by atoms with E-state index in [0.29, 0.717) is 61.2 Å². The molecule has 119 heavy (non-hydrogen) atoms. The summed E-state index contributed by atoms with van der Waals surface area (Å²) in [6.07, 6.45) is -1.34. The first-order chi connectivity index (χ1) is 55.8. The quantitative estimate of drug-likeness (QED) is 0.0204. The van der Waals surface area contributed by atoms with Crippen LogP contribution in [0.1, 0.15) is 214 Å². The Kier molecular flexibility index (Phi) is 36.1. The minimum absolute atomic E-state index is 0.00271. The molecule has 6 aromatic carbocycles. The number of phenols is 3. The highest BCUT2D eigenvalue weighted by molar-refractivity contribution is 6.02. The lowest BCUT2D eigenvalue weighted by Gasteiger charge is -2.23. The van der Waals surface area contributed by atoms with Gasteiger partial charge < -0.3 is 98.6 Å². The second-order valence-electron chi connectivity index (χ2n) is 32.8. The number of aliphatic carboxylic acids is 1. The maximum absolute atomic E-state index is 13.0. The first-order valence-corrected chi connectivity index (χ1v) is 39.5. The number of nitrogens with two attached hydrogens (primary N) is 1. The van der Waals surface area contributed by atoms with Gasteiger partial charge in [0.1, 0.15) is 23.0 Å². The molecule has 3 heterocycles. The summed E-state index contributed by atoms with van der Waals surface area (Å²) in [5.74, 6) is -4.77. The third-order valence-corrected chi connectivity index (χ3v) is 18.9. The van der Waals surface area contributed by atoms with Crippen molar-refractivity contribution in [3.63, 3.8) is 0 Å². The molecule has 0 aliphatic carbocycles. The molecule has 6 atom stereocenters. The third kappa shape index (κ3) is 33.3. The molecule has 6 unspecified atom stereocenters. The Bertz CT molecular complexity index is 4670. The van der Waals surface area contributed by atoms with Gasteiger partial charge in [0.2, 0.25) is 0 Å². The highest BCUT2D eigenvalue weighted by Crippen LogP contribution is 2.35. The fourth-order valence-electron chi connectivity index (χ4n) is 12.7. The minimum atomic E-state index is -1.12. The van der Waals surface area contributed by atoms with E-state index in [-0.39, 0.29) is 170 Å². The van der Waals surface area contributed by atoms with Crippen LogP contribution < -0.4 is 48.3 Å². The molecule has 0 spiro atoms. The standard InChI is InChI=1S/C30H40N4O6.C28H36N4O6.C19H29NO3.C11H13N3O4/c1-6-40-27(38)13-20(19-7-18(2)8-22(9-19)30(3,4)5)11-25(36)15-31-28(39)21-10-23(14-24(35)12-21)34-29-32-16-26(37)17-33-29;1-16-5-17(7-20(6-16)28(2,3)4)18(11-25(36)37)9-23(34)13-29-26(38)19-8-21(12-22(33)10-19)32-27-30-14-24(35)15-31-27;1-6-23-18(22)11-15(10-17(21)12-20)14-7-13(2)8-16(9-14)19(3,4)5;15-8-2-6(10(17)18)1-7(3-8)14-11-12-4-9(16)5-13-11/h7-10,12,14,20,26,35,37H,6,11,13,15-17H2,1-5H3,(H,31,39)(H2,32,33,34);5-8,10,12,18,24,33,35H,9,11,13-15H2,1-4H3,(H,29,38)(H,36,37)(H2,30,31,32);7-9,15H,6,10-12,20H2,1-5H3;1-3,9,15-16H,4-5H2,(H,17,18)(H2,12,13,14). The molecule has 0 saturated carbocycles. The Labute approximate surface area is 694 Å². The number of phenolic OH excluding ortho intramolecular Hbond substituents is 3. The van der Waals surface area contributed by atoms with Gasteiger partial charge in [-0.15, -0.1) is 0 Å². The normalized spacial score (nSPS) is 15.8. The van der Waals surface area contributed by atoms with Gasteiger partial charge >= 0.3 is 23.9 Å². The van der Waals surface area contributed by atoms with Crippen LogP contribution in [0.4, 0.5) is 17.1 Å². The molecule has 31 nitrogen and oxygen atoms in total. The maximum atomic E-state index is 13.0. The van der Waals surface area contributed by atoms with Crippen molar-refractivity contribution in [1.29, 1.82) is 0 Å². The van der Waals surface area contributed by atoms with E-state index in [1.54, 1.807) is 13.8 Å². The number of amides is 2. The summed E-state index contributed by atoms with van der Waals surface area (Å²) in [6.45, 7) is 30.3. The monoisotopic (exact) mass is 1650 g/mol. The SMILES string of the molecule is CCOC(=O)CC(CC(=O)CN)c1cc(C)cc(C(C)(C)C)c1.CCOC(=O)CC(CC(=O)CNC(=O)c1cc(O)cc(NC2=NCC(O)CN2)c1)c1cc(C)cc(C(C)(C)C)c1.Cc1cc(C(CC(=O)O)CC(=O)CNC(=O)c2cc(O)cc(NC3=NCC(O)CN3)c2)cc(C(C)(C)C)c1.O=C(O)c1cc(O)cc(NC2=NCC(O)CN2)c1. The van der Waals surface area contributed by atoms with E-state index >= 15 is 0 Å². The zero-order valence-corrected chi connectivity index (χ0v) is 70.4. The summed E-state index contributed by atoms with van der Waals surface area (Å²) in [7, 11) is 0. The first kappa shape index (κ1) is 96.0. The lowest BCUT2D eigenvalue weighted by Crippen LogP contribution is -2.42. The lowest BCUT2D eigenvalue weighted by molar-refractivity contribution is -0.144. The number of nitrogens with zero attached hydrogens (tertiary/aromatic N) is 3. The van der Waals surface area contributed by atoms with Crippen LogP contribution in [-0.4, -0.2) is 202 Å². The van der Waals surface area contributed by atoms with Crippen molar-refractivity contribution in [3.05, 3.63) is 176 Å². The number of β-amino-alcohol motifs (C(OH)–C–C–N with tert-alkyl or cyclic N) is 3. The number of benzene rings is 6. The van der Waals surface area contributed by atoms with Crippen LogP contribution in [0, 0.1) is 20.8 Å². The van der Waals surface area contributed by atoms with Crippen molar-refractivity contribution in [2.24, 2.45) is 20.7 Å². The number of Topliss-reactive ketones (excluding diaryl/α,β-unsaturated/α-hetero) is 3. The number of hydrogen-bond acceptors (Lipinski definition) is 27. The fourth-order valence-corrected chi connectivity index (χ4v) is 12.7. The molecule has 2 amide bonds. The minimum Gasteiger partial charge on any atom is -0.508 e. The molecule has 9 rings (SSSR count). The van der Waals surface area contributed by atoms with Crippen LogP contribution in [0.5, 0.6) is 17.2 Å². The number of guanidine groups is 3. The number of aryl methyl sites for hydroxylation is 3. The number of anilines is 3. The van der Waals surface area contributed by atoms with Gasteiger partial charge in [0.25, 0.3) is 11.8 Å². The number of carboxylic acids is 2. The van der Waals surface area contributed by atoms with Crippen LogP contribution in [-0.2, 0) is 54.5 Å². The molecule has 0 bridgehead atoms. The van der Waals surface area contributed by atoms with Gasteiger partial charge in [-0.1, -0.05) is 134 Å². The smallest absolute Gasteiger partial charge is 0.335 e. The van der Waals surface area contributed by atoms with Crippen LogP contribution in [0.3, 0.4) is 0 Å². The molecule has 3 aliphatic rings. The number of esters is 2. The molecule has 18 N–H and O–H groups in total. The maximum Gasteiger partial charge on any atom is 0.335 e. The summed E-state index contributed by atoms with van der Waals surface area (Å²) < 4.78 is 10.2. The molecule has 0 saturated heterocycles. The molecule has 0 fully saturated rings. The zero-order chi connectivity index (χ0) is 88.2. The number of aromatic hydroxyl groups is 3. The number of ether oxygens (including phenoxy) is 2. The van der Waals surface area contributed by atoms with E-state index in [2.05, 4.69) is 144 Å². The predicted molar refractivity (Wildman–Crippen MR) is 456 cm³/mol. The number of carbonyl (C=O) groups excluding carboxylic acids is 7. The van der Waals surface area contributed by atoms with Crippen molar-refractivity contribution in [1.82, 2.24) is 26.6 Å². The summed E-state index contributed by atoms with van der Waals surface area (Å²) in [6, 6.07) is 30.7. The van der Waals surface area contributed by atoms with Crippen molar-refractivity contribution >= 4 is 88.0 Å². The number of rotatable bonds is 28. The third-order valence-electron chi connectivity index (χ3n) is 18.9. The van der Waals surface area contributed by atoms with E-state index in [1.807, 2.05) is 51.1 Å². The van der Waals surface area contributed by atoms with Crippen molar-refractivity contribution in [3.8, 4) is 17.2 Å². The molecule has 0 aromatic heterocycles. The average molecular weight is 1650 g/mol. The topological polar surface area (TPSA) is 493 Å². The molecule has 0 radical (unpaired) electrons. The van der Waals surface area contributed by atoms with Crippen LogP contribution in [0.2, 0.25) is 0 Å². The van der Waals surface area contributed by atoms with Gasteiger partial charge in [0.15, 0.2) is 29.4 Å². The van der Waals surface area contributed by atoms with E-state index in [1.165, 1.54) is 54.1 Å². The van der Waals surface area contributed by atoms with Gasteiger partial charge in [-0.2, -0.15) is 0 Å².